The molecule has 0 N–H and O–H groups in total. The normalized spacial score (nSPS) is 10.3. The van der Waals surface area contributed by atoms with Crippen LogP contribution in [0.25, 0.3) is 11.1 Å². The fourth-order valence-corrected chi connectivity index (χ4v) is 1.74. The minimum atomic E-state index is -0.698. The predicted octanol–water partition coefficient (Wildman–Crippen LogP) is 4.01. The molecule has 0 aliphatic carbocycles. The molecule has 1 heterocycles. The number of carbonyl (C=O) groups excluding carboxylic acids is 1. The van der Waals surface area contributed by atoms with Crippen molar-refractivity contribution >= 4 is 29.5 Å². The first kappa shape index (κ1) is 12.0. The molecule has 0 atom stereocenters. The zero-order valence-electron chi connectivity index (χ0n) is 8.45. The molecule has 0 spiro atoms. The third-order valence-electron chi connectivity index (χ3n) is 2.26. The summed E-state index contributed by atoms with van der Waals surface area (Å²) in [6.45, 7) is 0. The maximum atomic E-state index is 12.9. The standard InChI is InChI=1S/C12H6Cl2FNO/c13-10-2-1-7(3-11(10)14)9-5-16-12(15)4-8(9)6-17/h1-6H. The first-order valence-corrected chi connectivity index (χ1v) is 5.43. The molecule has 0 amide bonds. The van der Waals surface area contributed by atoms with Crippen LogP contribution in [0, 0.1) is 5.95 Å². The van der Waals surface area contributed by atoms with Crippen LogP contribution < -0.4 is 0 Å². The van der Waals surface area contributed by atoms with Crippen molar-refractivity contribution < 1.29 is 9.18 Å². The number of benzene rings is 1. The quantitative estimate of drug-likeness (QED) is 0.609. The number of aromatic nitrogens is 1. The molecular formula is C12H6Cl2FNO. The van der Waals surface area contributed by atoms with Crippen LogP contribution in [0.3, 0.4) is 0 Å². The van der Waals surface area contributed by atoms with E-state index in [-0.39, 0.29) is 5.56 Å². The summed E-state index contributed by atoms with van der Waals surface area (Å²) in [4.78, 5) is 14.4. The first-order valence-electron chi connectivity index (χ1n) is 4.68. The Hall–Kier alpha value is -1.45. The van der Waals surface area contributed by atoms with E-state index in [9.17, 15) is 9.18 Å². The van der Waals surface area contributed by atoms with Gasteiger partial charge in [0.05, 0.1) is 10.0 Å². The molecule has 0 unspecified atom stereocenters. The van der Waals surface area contributed by atoms with Crippen molar-refractivity contribution in [1.82, 2.24) is 4.98 Å². The number of rotatable bonds is 2. The van der Waals surface area contributed by atoms with E-state index in [2.05, 4.69) is 4.98 Å². The number of hydrogen-bond acceptors (Lipinski definition) is 2. The Labute approximate surface area is 107 Å². The molecule has 1 aromatic carbocycles. The summed E-state index contributed by atoms with van der Waals surface area (Å²) >= 11 is 11.7. The van der Waals surface area contributed by atoms with Crippen molar-refractivity contribution in [1.29, 1.82) is 0 Å². The number of nitrogens with zero attached hydrogens (tertiary/aromatic N) is 1. The fourth-order valence-electron chi connectivity index (χ4n) is 1.45. The number of hydrogen-bond donors (Lipinski definition) is 0. The van der Waals surface area contributed by atoms with Gasteiger partial charge in [0.25, 0.3) is 0 Å². The van der Waals surface area contributed by atoms with Gasteiger partial charge in [0.1, 0.15) is 0 Å². The number of aldehydes is 1. The lowest BCUT2D eigenvalue weighted by Crippen LogP contribution is -1.92. The van der Waals surface area contributed by atoms with Crippen LogP contribution in [0.1, 0.15) is 10.4 Å². The number of carbonyl (C=O) groups is 1. The Morgan fingerprint density at radius 2 is 1.94 bits per heavy atom. The van der Waals surface area contributed by atoms with Gasteiger partial charge in [0.2, 0.25) is 5.95 Å². The molecule has 2 rings (SSSR count). The highest BCUT2D eigenvalue weighted by Gasteiger charge is 2.08. The monoisotopic (exact) mass is 269 g/mol. The highest BCUT2D eigenvalue weighted by atomic mass is 35.5. The molecule has 0 fully saturated rings. The van der Waals surface area contributed by atoms with Crippen molar-refractivity contribution in [2.45, 2.75) is 0 Å². The molecule has 0 radical (unpaired) electrons. The summed E-state index contributed by atoms with van der Waals surface area (Å²) < 4.78 is 12.9. The van der Waals surface area contributed by atoms with E-state index in [1.54, 1.807) is 18.2 Å². The van der Waals surface area contributed by atoms with Gasteiger partial charge in [0.15, 0.2) is 6.29 Å². The lowest BCUT2D eigenvalue weighted by molar-refractivity contribution is 0.112. The van der Waals surface area contributed by atoms with Crippen LogP contribution in [0.2, 0.25) is 10.0 Å². The highest BCUT2D eigenvalue weighted by Crippen LogP contribution is 2.29. The van der Waals surface area contributed by atoms with E-state index in [1.165, 1.54) is 6.20 Å². The second kappa shape index (κ2) is 4.82. The molecule has 17 heavy (non-hydrogen) atoms. The van der Waals surface area contributed by atoms with E-state index >= 15 is 0 Å². The van der Waals surface area contributed by atoms with Crippen LogP contribution in [-0.4, -0.2) is 11.3 Å². The smallest absolute Gasteiger partial charge is 0.213 e. The fraction of sp³-hybridized carbons (Fsp3) is 0. The van der Waals surface area contributed by atoms with Crippen molar-refractivity contribution in [2.75, 3.05) is 0 Å². The molecule has 0 bridgehead atoms. The average Bonchev–Trinajstić information content (AvgIpc) is 2.32. The van der Waals surface area contributed by atoms with Crippen molar-refractivity contribution in [2.24, 2.45) is 0 Å². The Bertz CT molecular complexity index is 587. The molecule has 0 aliphatic rings. The van der Waals surface area contributed by atoms with E-state index < -0.39 is 5.95 Å². The molecule has 2 aromatic rings. The lowest BCUT2D eigenvalue weighted by atomic mass is 10.0. The molecule has 0 saturated heterocycles. The van der Waals surface area contributed by atoms with E-state index in [4.69, 9.17) is 23.2 Å². The Morgan fingerprint density at radius 1 is 1.18 bits per heavy atom. The maximum Gasteiger partial charge on any atom is 0.213 e. The summed E-state index contributed by atoms with van der Waals surface area (Å²) in [5, 5.41) is 0.781. The van der Waals surface area contributed by atoms with Crippen LogP contribution >= 0.6 is 23.2 Å². The van der Waals surface area contributed by atoms with Crippen LogP contribution in [-0.2, 0) is 0 Å². The summed E-state index contributed by atoms with van der Waals surface area (Å²) in [6.07, 6.45) is 1.86. The SMILES string of the molecule is O=Cc1cc(F)ncc1-c1ccc(Cl)c(Cl)c1. The summed E-state index contributed by atoms with van der Waals surface area (Å²) in [6, 6.07) is 5.98. The van der Waals surface area contributed by atoms with Gasteiger partial charge in [0, 0.05) is 23.4 Å². The summed E-state index contributed by atoms with van der Waals surface area (Å²) in [5.74, 6) is -0.698. The van der Waals surface area contributed by atoms with Crippen molar-refractivity contribution in [3.8, 4) is 11.1 Å². The van der Waals surface area contributed by atoms with Crippen molar-refractivity contribution in [3.63, 3.8) is 0 Å². The van der Waals surface area contributed by atoms with Crippen LogP contribution in [0.5, 0.6) is 0 Å². The third-order valence-corrected chi connectivity index (χ3v) is 3.00. The minimum Gasteiger partial charge on any atom is -0.298 e. The second-order valence-electron chi connectivity index (χ2n) is 3.34. The molecule has 0 aliphatic heterocycles. The Kier molecular flexibility index (Phi) is 3.41. The molecular weight excluding hydrogens is 264 g/mol. The highest BCUT2D eigenvalue weighted by molar-refractivity contribution is 6.42. The molecule has 2 nitrogen and oxygen atoms in total. The largest absolute Gasteiger partial charge is 0.298 e. The van der Waals surface area contributed by atoms with Gasteiger partial charge in [-0.3, -0.25) is 4.79 Å². The number of pyridine rings is 1. The number of halogens is 3. The topological polar surface area (TPSA) is 30.0 Å². The van der Waals surface area contributed by atoms with Gasteiger partial charge in [-0.2, -0.15) is 4.39 Å². The van der Waals surface area contributed by atoms with Gasteiger partial charge >= 0.3 is 0 Å². The second-order valence-corrected chi connectivity index (χ2v) is 4.16. The van der Waals surface area contributed by atoms with Crippen LogP contribution in [0.4, 0.5) is 4.39 Å². The lowest BCUT2D eigenvalue weighted by Gasteiger charge is -2.05. The van der Waals surface area contributed by atoms with Gasteiger partial charge in [-0.15, -0.1) is 0 Å². The molecule has 0 saturated carbocycles. The van der Waals surface area contributed by atoms with Gasteiger partial charge in [-0.25, -0.2) is 4.98 Å². The van der Waals surface area contributed by atoms with E-state index in [1.807, 2.05) is 0 Å². The van der Waals surface area contributed by atoms with Gasteiger partial charge in [-0.05, 0) is 17.7 Å². The molecule has 86 valence electrons. The average molecular weight is 270 g/mol. The molecule has 1 aromatic heterocycles. The maximum absolute atomic E-state index is 12.9. The van der Waals surface area contributed by atoms with E-state index in [0.29, 0.717) is 27.5 Å². The molecule has 5 heteroatoms. The summed E-state index contributed by atoms with van der Waals surface area (Å²) in [7, 11) is 0. The minimum absolute atomic E-state index is 0.218. The van der Waals surface area contributed by atoms with Gasteiger partial charge < -0.3 is 0 Å². The summed E-state index contributed by atoms with van der Waals surface area (Å²) in [5.41, 5.74) is 1.39. The predicted molar refractivity (Wildman–Crippen MR) is 65.0 cm³/mol. The first-order chi connectivity index (χ1) is 8.11. The van der Waals surface area contributed by atoms with Crippen LogP contribution in [0.15, 0.2) is 30.5 Å². The third kappa shape index (κ3) is 2.46. The zero-order valence-corrected chi connectivity index (χ0v) is 9.97. The zero-order chi connectivity index (χ0) is 12.4. The van der Waals surface area contributed by atoms with Gasteiger partial charge in [-0.1, -0.05) is 29.3 Å². The van der Waals surface area contributed by atoms with Crippen molar-refractivity contribution in [3.05, 3.63) is 52.0 Å². The Balaban J connectivity index is 2.59. The Morgan fingerprint density at radius 3 is 2.59 bits per heavy atom. The van der Waals surface area contributed by atoms with E-state index in [0.717, 1.165) is 6.07 Å².